The molecule has 24 heavy (non-hydrogen) atoms. The van der Waals surface area contributed by atoms with Crippen molar-refractivity contribution in [2.24, 2.45) is 0 Å². The molecule has 0 saturated carbocycles. The minimum Gasteiger partial charge on any atom is -0.459 e. The van der Waals surface area contributed by atoms with Gasteiger partial charge in [-0.1, -0.05) is 36.4 Å². The average Bonchev–Trinajstić information content (AvgIpc) is 2.58. The summed E-state index contributed by atoms with van der Waals surface area (Å²) in [4.78, 5) is 23.9. The first-order valence-electron chi connectivity index (χ1n) is 7.62. The number of rotatable bonds is 6. The van der Waals surface area contributed by atoms with Crippen molar-refractivity contribution in [3.63, 3.8) is 0 Å². The Kier molecular flexibility index (Phi) is 6.09. The van der Waals surface area contributed by atoms with Crippen LogP contribution in [0.25, 0.3) is 0 Å². The highest BCUT2D eigenvalue weighted by Gasteiger charge is 2.16. The molecule has 0 saturated heterocycles. The summed E-state index contributed by atoms with van der Waals surface area (Å²) in [5.74, 6) is -1.03. The molecule has 2 rings (SSSR count). The number of esters is 2. The molecule has 5 nitrogen and oxygen atoms in total. The fraction of sp³-hybridized carbons (Fsp3) is 0.263. The number of benzene rings is 2. The van der Waals surface area contributed by atoms with E-state index in [1.165, 1.54) is 0 Å². The molecule has 0 aliphatic rings. The van der Waals surface area contributed by atoms with Crippen molar-refractivity contribution in [1.29, 1.82) is 0 Å². The van der Waals surface area contributed by atoms with Crippen molar-refractivity contribution in [2.75, 3.05) is 13.2 Å². The summed E-state index contributed by atoms with van der Waals surface area (Å²) in [5, 5.41) is 9.82. The van der Waals surface area contributed by atoms with E-state index in [9.17, 15) is 14.7 Å². The van der Waals surface area contributed by atoms with Crippen LogP contribution in [0, 0.1) is 13.8 Å². The van der Waals surface area contributed by atoms with Gasteiger partial charge in [-0.15, -0.1) is 0 Å². The molecule has 0 fully saturated rings. The Morgan fingerprint density at radius 3 is 1.58 bits per heavy atom. The monoisotopic (exact) mass is 328 g/mol. The molecule has 0 amide bonds. The van der Waals surface area contributed by atoms with E-state index in [4.69, 9.17) is 9.47 Å². The number of aliphatic hydroxyl groups excluding tert-OH is 1. The van der Waals surface area contributed by atoms with Gasteiger partial charge >= 0.3 is 11.9 Å². The largest absolute Gasteiger partial charge is 0.459 e. The summed E-state index contributed by atoms with van der Waals surface area (Å²) in [5.41, 5.74) is 2.48. The second-order valence-electron chi connectivity index (χ2n) is 5.48. The molecule has 0 aliphatic heterocycles. The summed E-state index contributed by atoms with van der Waals surface area (Å²) in [6, 6.07) is 14.0. The van der Waals surface area contributed by atoms with E-state index in [-0.39, 0.29) is 13.2 Å². The van der Waals surface area contributed by atoms with Gasteiger partial charge < -0.3 is 14.6 Å². The fourth-order valence-corrected chi connectivity index (χ4v) is 2.15. The van der Waals surface area contributed by atoms with E-state index >= 15 is 0 Å². The molecule has 0 heterocycles. The first kappa shape index (κ1) is 17.7. The van der Waals surface area contributed by atoms with Crippen LogP contribution in [-0.2, 0) is 9.47 Å². The van der Waals surface area contributed by atoms with Crippen molar-refractivity contribution in [2.45, 2.75) is 20.0 Å². The van der Waals surface area contributed by atoms with Crippen molar-refractivity contribution >= 4 is 11.9 Å². The Morgan fingerprint density at radius 1 is 0.833 bits per heavy atom. The fourth-order valence-electron chi connectivity index (χ4n) is 2.15. The van der Waals surface area contributed by atoms with Gasteiger partial charge in [0.1, 0.15) is 19.3 Å². The Balaban J connectivity index is 1.80. The summed E-state index contributed by atoms with van der Waals surface area (Å²) in [6.45, 7) is 3.12. The van der Waals surface area contributed by atoms with Crippen LogP contribution >= 0.6 is 0 Å². The molecule has 5 heteroatoms. The van der Waals surface area contributed by atoms with Gasteiger partial charge in [0.25, 0.3) is 0 Å². The number of ether oxygens (including phenoxy) is 2. The lowest BCUT2D eigenvalue weighted by molar-refractivity contribution is -0.00475. The maximum Gasteiger partial charge on any atom is 0.338 e. The maximum absolute atomic E-state index is 11.9. The van der Waals surface area contributed by atoms with Crippen molar-refractivity contribution < 1.29 is 24.2 Å². The molecule has 0 unspecified atom stereocenters. The van der Waals surface area contributed by atoms with Gasteiger partial charge in [0.2, 0.25) is 0 Å². The highest BCUT2D eigenvalue weighted by molar-refractivity contribution is 5.91. The van der Waals surface area contributed by atoms with Crippen molar-refractivity contribution in [3.05, 3.63) is 70.8 Å². The second kappa shape index (κ2) is 8.26. The summed E-state index contributed by atoms with van der Waals surface area (Å²) in [6.07, 6.45) is -1.08. The highest BCUT2D eigenvalue weighted by atomic mass is 16.6. The normalized spacial score (nSPS) is 10.5. The molecule has 0 spiro atoms. The standard InChI is InChI=1S/C19H20O5/c1-13-7-3-5-9-16(13)18(21)23-11-15(20)12-24-19(22)17-10-6-4-8-14(17)2/h3-10,15,20H,11-12H2,1-2H3. The van der Waals surface area contributed by atoms with Gasteiger partial charge in [-0.2, -0.15) is 0 Å². The molecular weight excluding hydrogens is 308 g/mol. The van der Waals surface area contributed by atoms with Gasteiger partial charge in [0, 0.05) is 0 Å². The number of carbonyl (C=O) groups excluding carboxylic acids is 2. The zero-order valence-corrected chi connectivity index (χ0v) is 13.7. The summed E-state index contributed by atoms with van der Waals surface area (Å²) in [7, 11) is 0. The zero-order chi connectivity index (χ0) is 17.5. The third-order valence-electron chi connectivity index (χ3n) is 3.54. The lowest BCUT2D eigenvalue weighted by Crippen LogP contribution is -2.25. The Labute approximate surface area is 140 Å². The molecule has 2 aromatic rings. The first-order valence-corrected chi connectivity index (χ1v) is 7.62. The molecule has 0 aromatic heterocycles. The third kappa shape index (κ3) is 4.67. The Bertz CT molecular complexity index is 662. The minimum absolute atomic E-state index is 0.242. The molecule has 1 N–H and O–H groups in total. The van der Waals surface area contributed by atoms with Gasteiger partial charge in [0.05, 0.1) is 11.1 Å². The van der Waals surface area contributed by atoms with Crippen LogP contribution in [0.5, 0.6) is 0 Å². The molecule has 2 aromatic carbocycles. The molecule has 0 atom stereocenters. The first-order chi connectivity index (χ1) is 11.5. The van der Waals surface area contributed by atoms with E-state index in [1.54, 1.807) is 50.2 Å². The topological polar surface area (TPSA) is 72.8 Å². The Morgan fingerprint density at radius 2 is 1.21 bits per heavy atom. The smallest absolute Gasteiger partial charge is 0.338 e. The van der Waals surface area contributed by atoms with Gasteiger partial charge in [-0.25, -0.2) is 9.59 Å². The average molecular weight is 328 g/mol. The van der Waals surface area contributed by atoms with E-state index in [2.05, 4.69) is 0 Å². The number of hydrogen-bond donors (Lipinski definition) is 1. The third-order valence-corrected chi connectivity index (χ3v) is 3.54. The van der Waals surface area contributed by atoms with Crippen LogP contribution < -0.4 is 0 Å². The number of hydrogen-bond acceptors (Lipinski definition) is 5. The highest BCUT2D eigenvalue weighted by Crippen LogP contribution is 2.10. The molecule has 0 bridgehead atoms. The van der Waals surface area contributed by atoms with Crippen molar-refractivity contribution in [3.8, 4) is 0 Å². The number of aliphatic hydroxyl groups is 1. The van der Waals surface area contributed by atoms with E-state index in [1.807, 2.05) is 12.1 Å². The van der Waals surface area contributed by atoms with E-state index in [0.29, 0.717) is 11.1 Å². The van der Waals surface area contributed by atoms with Crippen LogP contribution in [0.4, 0.5) is 0 Å². The summed E-state index contributed by atoms with van der Waals surface area (Å²) < 4.78 is 10.1. The van der Waals surface area contributed by atoms with Crippen LogP contribution in [-0.4, -0.2) is 36.4 Å². The van der Waals surface area contributed by atoms with Crippen LogP contribution in [0.1, 0.15) is 31.8 Å². The molecule has 126 valence electrons. The van der Waals surface area contributed by atoms with Crippen molar-refractivity contribution in [1.82, 2.24) is 0 Å². The van der Waals surface area contributed by atoms with Gasteiger partial charge in [0.15, 0.2) is 0 Å². The van der Waals surface area contributed by atoms with E-state index < -0.39 is 18.0 Å². The maximum atomic E-state index is 11.9. The lowest BCUT2D eigenvalue weighted by Gasteiger charge is -2.13. The number of carbonyl (C=O) groups is 2. The van der Waals surface area contributed by atoms with Crippen LogP contribution in [0.3, 0.4) is 0 Å². The quantitative estimate of drug-likeness (QED) is 0.825. The Hall–Kier alpha value is -2.66. The van der Waals surface area contributed by atoms with Gasteiger partial charge in [-0.05, 0) is 37.1 Å². The SMILES string of the molecule is Cc1ccccc1C(=O)OCC(O)COC(=O)c1ccccc1C. The van der Waals surface area contributed by atoms with Gasteiger partial charge in [-0.3, -0.25) is 0 Å². The second-order valence-corrected chi connectivity index (χ2v) is 5.48. The predicted octanol–water partition coefficient (Wildman–Crippen LogP) is 2.68. The zero-order valence-electron chi connectivity index (χ0n) is 13.7. The predicted molar refractivity (Wildman–Crippen MR) is 88.9 cm³/mol. The molecule has 0 aliphatic carbocycles. The number of aryl methyl sites for hydroxylation is 2. The van der Waals surface area contributed by atoms with E-state index in [0.717, 1.165) is 11.1 Å². The lowest BCUT2D eigenvalue weighted by atomic mass is 10.1. The van der Waals surface area contributed by atoms with Crippen LogP contribution in [0.15, 0.2) is 48.5 Å². The molecule has 0 radical (unpaired) electrons. The molecular formula is C19H20O5. The van der Waals surface area contributed by atoms with Crippen LogP contribution in [0.2, 0.25) is 0 Å². The summed E-state index contributed by atoms with van der Waals surface area (Å²) >= 11 is 0. The minimum atomic E-state index is -1.08.